The number of hydrogen-bond donors (Lipinski definition) is 0. The molecule has 0 saturated heterocycles. The van der Waals surface area contributed by atoms with Crippen LogP contribution in [-0.4, -0.2) is 19.7 Å². The first-order valence-electron chi connectivity index (χ1n) is 5.59. The molecular weight excluding hydrogens is 256 g/mol. The van der Waals surface area contributed by atoms with Gasteiger partial charge in [-0.25, -0.2) is 0 Å². The van der Waals surface area contributed by atoms with Crippen molar-refractivity contribution in [1.82, 2.24) is 0 Å². The highest BCUT2D eigenvalue weighted by Gasteiger charge is 2.20. The van der Waals surface area contributed by atoms with E-state index in [1.54, 1.807) is 6.92 Å². The van der Waals surface area contributed by atoms with Gasteiger partial charge in [0.05, 0.1) is 25.2 Å². The topological polar surface area (TPSA) is 59.3 Å². The fraction of sp³-hybridized carbons (Fsp3) is 0.385. The van der Waals surface area contributed by atoms with Gasteiger partial charge < -0.3 is 9.47 Å². The van der Waals surface area contributed by atoms with Gasteiger partial charge in [-0.2, -0.15) is 14.0 Å². The minimum absolute atomic E-state index is 0.109. The predicted molar refractivity (Wildman–Crippen MR) is 62.9 cm³/mol. The van der Waals surface area contributed by atoms with Crippen molar-refractivity contribution in [3.8, 4) is 11.8 Å². The normalized spacial score (nSPS) is 10.1. The van der Waals surface area contributed by atoms with Crippen molar-refractivity contribution >= 4 is 5.97 Å². The van der Waals surface area contributed by atoms with Crippen LogP contribution in [0.1, 0.15) is 23.6 Å². The number of nitriles is 1. The van der Waals surface area contributed by atoms with E-state index < -0.39 is 12.6 Å². The average Bonchev–Trinajstić information content (AvgIpc) is 2.39. The van der Waals surface area contributed by atoms with Crippen molar-refractivity contribution in [2.75, 3.05) is 7.11 Å². The Labute approximate surface area is 109 Å². The third-order valence-electron chi connectivity index (χ3n) is 2.60. The molecule has 0 heterocycles. The van der Waals surface area contributed by atoms with E-state index in [9.17, 15) is 13.6 Å². The smallest absolute Gasteiger partial charge is 0.387 e. The summed E-state index contributed by atoms with van der Waals surface area (Å²) in [5, 5.41) is 8.98. The number of rotatable bonds is 5. The molecule has 0 spiro atoms. The van der Waals surface area contributed by atoms with Crippen LogP contribution in [0.25, 0.3) is 0 Å². The largest absolute Gasteiger partial charge is 0.469 e. The number of halogens is 2. The minimum atomic E-state index is -3.02. The first-order chi connectivity index (χ1) is 9.03. The molecule has 0 aliphatic heterocycles. The molecular formula is C13H13F2NO3. The van der Waals surface area contributed by atoms with Crippen molar-refractivity contribution in [3.63, 3.8) is 0 Å². The minimum Gasteiger partial charge on any atom is -0.469 e. The first kappa shape index (κ1) is 14.9. The van der Waals surface area contributed by atoms with Crippen LogP contribution in [0, 0.1) is 11.3 Å². The number of hydrogen-bond acceptors (Lipinski definition) is 4. The van der Waals surface area contributed by atoms with Crippen molar-refractivity contribution in [2.45, 2.75) is 26.4 Å². The van der Waals surface area contributed by atoms with Gasteiger partial charge in [0.15, 0.2) is 0 Å². The molecule has 0 atom stereocenters. The number of carbonyl (C=O) groups excluding carboxylic acids is 1. The van der Waals surface area contributed by atoms with Gasteiger partial charge in [0, 0.05) is 5.56 Å². The van der Waals surface area contributed by atoms with Gasteiger partial charge in [-0.1, -0.05) is 13.0 Å². The van der Waals surface area contributed by atoms with E-state index in [-0.39, 0.29) is 23.3 Å². The summed E-state index contributed by atoms with van der Waals surface area (Å²) in [4.78, 5) is 11.3. The molecule has 1 aromatic carbocycles. The summed E-state index contributed by atoms with van der Waals surface area (Å²) in [7, 11) is 1.19. The molecule has 0 radical (unpaired) electrons. The second-order valence-corrected chi connectivity index (χ2v) is 3.68. The van der Waals surface area contributed by atoms with Crippen molar-refractivity contribution in [2.24, 2.45) is 0 Å². The number of methoxy groups -OCH3 is 1. The monoisotopic (exact) mass is 269 g/mol. The Morgan fingerprint density at radius 3 is 2.63 bits per heavy atom. The van der Waals surface area contributed by atoms with E-state index in [1.165, 1.54) is 19.2 Å². The van der Waals surface area contributed by atoms with Crippen molar-refractivity contribution in [1.29, 1.82) is 5.26 Å². The summed E-state index contributed by atoms with van der Waals surface area (Å²) in [6.07, 6.45) is 0.164. The Balaban J connectivity index is 3.34. The maximum absolute atomic E-state index is 12.5. The van der Waals surface area contributed by atoms with Crippen LogP contribution >= 0.6 is 0 Å². The lowest BCUT2D eigenvalue weighted by atomic mass is 9.99. The number of esters is 1. The van der Waals surface area contributed by atoms with Crippen LogP contribution in [0.2, 0.25) is 0 Å². The number of benzene rings is 1. The molecule has 0 aliphatic carbocycles. The highest BCUT2D eigenvalue weighted by Crippen LogP contribution is 2.30. The van der Waals surface area contributed by atoms with Gasteiger partial charge in [0.25, 0.3) is 0 Å². The maximum Gasteiger partial charge on any atom is 0.387 e. The highest BCUT2D eigenvalue weighted by atomic mass is 19.3. The molecule has 0 amide bonds. The number of carbonyl (C=O) groups is 1. The standard InChI is InChI=1S/C13H13F2NO3/c1-3-8-4-5-9(7-16)10(6-11(17)18-2)12(8)19-13(14)15/h4-5,13H,3,6H2,1-2H3. The van der Waals surface area contributed by atoms with Gasteiger partial charge >= 0.3 is 12.6 Å². The molecule has 4 nitrogen and oxygen atoms in total. The fourth-order valence-corrected chi connectivity index (χ4v) is 1.69. The molecule has 1 rings (SSSR count). The van der Waals surface area contributed by atoms with Gasteiger partial charge in [-0.3, -0.25) is 4.79 Å². The Kier molecular flexibility index (Phi) is 5.24. The van der Waals surface area contributed by atoms with Crippen LogP contribution in [0.3, 0.4) is 0 Å². The van der Waals surface area contributed by atoms with Crippen LogP contribution in [0.4, 0.5) is 8.78 Å². The molecule has 0 aromatic heterocycles. The maximum atomic E-state index is 12.5. The molecule has 0 saturated carbocycles. The zero-order valence-electron chi connectivity index (χ0n) is 10.6. The lowest BCUT2D eigenvalue weighted by molar-refractivity contribution is -0.139. The molecule has 102 valence electrons. The average molecular weight is 269 g/mol. The molecule has 19 heavy (non-hydrogen) atoms. The lowest BCUT2D eigenvalue weighted by Gasteiger charge is -2.15. The van der Waals surface area contributed by atoms with E-state index >= 15 is 0 Å². The number of ether oxygens (including phenoxy) is 2. The van der Waals surface area contributed by atoms with Gasteiger partial charge in [-0.15, -0.1) is 0 Å². The SMILES string of the molecule is CCc1ccc(C#N)c(CC(=O)OC)c1OC(F)F. The van der Waals surface area contributed by atoms with Crippen LogP contribution in [0.15, 0.2) is 12.1 Å². The molecule has 1 aromatic rings. The Morgan fingerprint density at radius 1 is 1.47 bits per heavy atom. The zero-order chi connectivity index (χ0) is 14.4. The first-order valence-corrected chi connectivity index (χ1v) is 5.59. The fourth-order valence-electron chi connectivity index (χ4n) is 1.69. The van der Waals surface area contributed by atoms with E-state index in [0.29, 0.717) is 12.0 Å². The quantitative estimate of drug-likeness (QED) is 0.770. The molecule has 0 unspecified atom stereocenters. The lowest BCUT2D eigenvalue weighted by Crippen LogP contribution is -2.12. The molecule has 0 fully saturated rings. The van der Waals surface area contributed by atoms with E-state index in [1.807, 2.05) is 6.07 Å². The number of aryl methyl sites for hydroxylation is 1. The van der Waals surface area contributed by atoms with E-state index in [4.69, 9.17) is 5.26 Å². The Bertz CT molecular complexity index is 509. The predicted octanol–water partition coefficient (Wildman–Crippen LogP) is 2.44. The van der Waals surface area contributed by atoms with Gasteiger partial charge in [0.1, 0.15) is 5.75 Å². The van der Waals surface area contributed by atoms with Crippen LogP contribution in [-0.2, 0) is 22.4 Å². The zero-order valence-corrected chi connectivity index (χ0v) is 10.6. The second-order valence-electron chi connectivity index (χ2n) is 3.68. The van der Waals surface area contributed by atoms with Crippen LogP contribution in [0.5, 0.6) is 5.75 Å². The molecule has 6 heteroatoms. The van der Waals surface area contributed by atoms with E-state index in [0.717, 1.165) is 0 Å². The van der Waals surface area contributed by atoms with Crippen molar-refractivity contribution in [3.05, 3.63) is 28.8 Å². The molecule has 0 bridgehead atoms. The number of alkyl halides is 2. The third kappa shape index (κ3) is 3.65. The van der Waals surface area contributed by atoms with E-state index in [2.05, 4.69) is 9.47 Å². The Hall–Kier alpha value is -2.16. The summed E-state index contributed by atoms with van der Waals surface area (Å²) >= 11 is 0. The summed E-state index contributed by atoms with van der Waals surface area (Å²) in [6.45, 7) is -1.25. The van der Waals surface area contributed by atoms with Gasteiger partial charge in [0.2, 0.25) is 0 Å². The summed E-state index contributed by atoms with van der Waals surface area (Å²) < 4.78 is 33.9. The summed E-state index contributed by atoms with van der Waals surface area (Å²) in [6, 6.07) is 4.88. The Morgan fingerprint density at radius 2 is 2.16 bits per heavy atom. The highest BCUT2D eigenvalue weighted by molar-refractivity contribution is 5.75. The summed E-state index contributed by atoms with van der Waals surface area (Å²) in [5.74, 6) is -0.731. The molecule has 0 aliphatic rings. The van der Waals surface area contributed by atoms with Crippen molar-refractivity contribution < 1.29 is 23.0 Å². The number of nitrogens with zero attached hydrogens (tertiary/aromatic N) is 1. The second kappa shape index (κ2) is 6.69. The third-order valence-corrected chi connectivity index (χ3v) is 2.60. The van der Waals surface area contributed by atoms with Gasteiger partial charge in [-0.05, 0) is 18.1 Å². The molecule has 0 N–H and O–H groups in total. The van der Waals surface area contributed by atoms with Crippen LogP contribution < -0.4 is 4.74 Å². The summed E-state index contributed by atoms with van der Waals surface area (Å²) in [5.41, 5.74) is 0.769.